The van der Waals surface area contributed by atoms with Crippen molar-refractivity contribution in [1.29, 1.82) is 5.26 Å². The molecule has 1 unspecified atom stereocenters. The smallest absolute Gasteiger partial charge is 0.263 e. The van der Waals surface area contributed by atoms with Gasteiger partial charge in [0.2, 0.25) is 17.7 Å². The minimum atomic E-state index is -1.04. The van der Waals surface area contributed by atoms with Gasteiger partial charge in [-0.25, -0.2) is 0 Å². The topological polar surface area (TPSA) is 167 Å². The number of nitrogens with one attached hydrogen (secondary N) is 2. The van der Waals surface area contributed by atoms with Gasteiger partial charge < -0.3 is 14.8 Å². The van der Waals surface area contributed by atoms with Crippen LogP contribution in [0, 0.1) is 11.3 Å². The molecule has 0 saturated carbocycles. The fourth-order valence-electron chi connectivity index (χ4n) is 9.80. The van der Waals surface area contributed by atoms with Crippen LogP contribution in [0.1, 0.15) is 105 Å². The van der Waals surface area contributed by atoms with Crippen LogP contribution >= 0.6 is 11.8 Å². The largest absolute Gasteiger partial charge is 0.369 e. The molecule has 14 heteroatoms. The summed E-state index contributed by atoms with van der Waals surface area (Å²) < 4.78 is 0. The van der Waals surface area contributed by atoms with Crippen LogP contribution in [0.15, 0.2) is 53.4 Å². The number of carbonyl (C=O) groups excluding carboxylic acids is 6. The average molecular weight is 812 g/mol. The molecule has 9 rings (SSSR count). The van der Waals surface area contributed by atoms with Crippen LogP contribution in [0.2, 0.25) is 0 Å². The molecular weight excluding hydrogens is 767 g/mol. The molecule has 59 heavy (non-hydrogen) atoms. The van der Waals surface area contributed by atoms with Gasteiger partial charge in [-0.2, -0.15) is 5.26 Å². The number of ketones is 1. The highest BCUT2D eigenvalue weighted by atomic mass is 32.2. The summed E-state index contributed by atoms with van der Waals surface area (Å²) in [5.41, 5.74) is 6.99. The van der Waals surface area contributed by atoms with Crippen molar-refractivity contribution in [1.82, 2.24) is 25.0 Å². The van der Waals surface area contributed by atoms with E-state index in [1.165, 1.54) is 17.4 Å². The Hall–Kier alpha value is -5.78. The standard InChI is InChI=1S/C45H45N7O6S/c1-4-26-21-30-31(45(2,3)41-39(40(30)55)28-9-8-25(23-46)20-32(28)47-41)22-34(26)50-18-16-49(17-19-50)27-12-14-51(15-13-27)37(54)24-59-35-7-5-6-29-38(35)44(58)52(43(29)57)33-10-11-36(53)48-42(33)56/h5-9,20-22,27,33,47H,4,10-19,24H2,1-3H3,(H,48,53,56). The van der Waals surface area contributed by atoms with E-state index in [0.717, 1.165) is 83.6 Å². The van der Waals surface area contributed by atoms with Crippen molar-refractivity contribution in [3.63, 3.8) is 0 Å². The molecule has 0 spiro atoms. The lowest BCUT2D eigenvalue weighted by Crippen LogP contribution is -2.54. The van der Waals surface area contributed by atoms with Crippen molar-refractivity contribution in [2.45, 2.75) is 75.3 Å². The maximum atomic E-state index is 14.1. The second-order valence-corrected chi connectivity index (χ2v) is 17.6. The number of hydrogen-bond acceptors (Lipinski definition) is 10. The normalized spacial score (nSPS) is 20.7. The summed E-state index contributed by atoms with van der Waals surface area (Å²) in [5, 5.41) is 12.5. The van der Waals surface area contributed by atoms with Crippen LogP contribution in [-0.4, -0.2) is 112 Å². The van der Waals surface area contributed by atoms with E-state index >= 15 is 0 Å². The van der Waals surface area contributed by atoms with Gasteiger partial charge in [0.15, 0.2) is 5.78 Å². The number of aromatic amines is 1. The molecule has 2 N–H and O–H groups in total. The number of carbonyl (C=O) groups is 6. The SMILES string of the molecule is CCc1cc2c(cc1N1CCN(C3CCN(C(=O)CSc4cccc5c4C(=O)N(C4CCC(=O)NC4=O)C5=O)CC3)CC1)C(C)(C)c1[nH]c3cc(C#N)ccc3c1C2=O. The van der Waals surface area contributed by atoms with Crippen LogP contribution in [0.3, 0.4) is 0 Å². The number of hydrogen-bond donors (Lipinski definition) is 2. The van der Waals surface area contributed by atoms with Crippen LogP contribution in [0.4, 0.5) is 5.69 Å². The Balaban J connectivity index is 0.817. The molecule has 5 amide bonds. The second kappa shape index (κ2) is 14.8. The maximum absolute atomic E-state index is 14.1. The van der Waals surface area contributed by atoms with Crippen molar-refractivity contribution in [2.75, 3.05) is 49.9 Å². The van der Waals surface area contributed by atoms with Crippen molar-refractivity contribution in [3.05, 3.63) is 93.2 Å². The van der Waals surface area contributed by atoms with Crippen molar-refractivity contribution >= 4 is 63.7 Å². The van der Waals surface area contributed by atoms with Crippen molar-refractivity contribution in [2.24, 2.45) is 0 Å². The number of likely N-dealkylation sites (tertiary alicyclic amines) is 1. The number of imide groups is 2. The lowest BCUT2D eigenvalue weighted by Gasteiger charge is -2.44. The molecular formula is C45H45N7O6S. The molecule has 3 saturated heterocycles. The molecule has 1 aliphatic carbocycles. The van der Waals surface area contributed by atoms with E-state index in [4.69, 9.17) is 0 Å². The molecule has 3 aromatic carbocycles. The van der Waals surface area contributed by atoms with Gasteiger partial charge in [0.1, 0.15) is 6.04 Å². The number of fused-ring (bicyclic) bond motifs is 5. The van der Waals surface area contributed by atoms with E-state index in [9.17, 15) is 34.0 Å². The minimum Gasteiger partial charge on any atom is -0.369 e. The number of anilines is 1. The van der Waals surface area contributed by atoms with Gasteiger partial charge in [0, 0.05) is 89.9 Å². The molecule has 13 nitrogen and oxygen atoms in total. The molecule has 4 aromatic rings. The third kappa shape index (κ3) is 6.42. The van der Waals surface area contributed by atoms with E-state index in [2.05, 4.69) is 59.1 Å². The van der Waals surface area contributed by atoms with Gasteiger partial charge in [-0.3, -0.25) is 43.9 Å². The first-order valence-corrected chi connectivity index (χ1v) is 21.4. The Morgan fingerprint density at radius 1 is 0.898 bits per heavy atom. The highest BCUT2D eigenvalue weighted by molar-refractivity contribution is 8.00. The Labute approximate surface area is 346 Å². The number of rotatable bonds is 7. The lowest BCUT2D eigenvalue weighted by atomic mass is 9.70. The Bertz CT molecular complexity index is 2540. The van der Waals surface area contributed by atoms with E-state index in [1.807, 2.05) is 17.0 Å². The average Bonchev–Trinajstić information content (AvgIpc) is 3.76. The number of piperazine rings is 1. The zero-order valence-corrected chi connectivity index (χ0v) is 34.2. The molecule has 5 heterocycles. The number of nitriles is 1. The van der Waals surface area contributed by atoms with Gasteiger partial charge in [0.25, 0.3) is 11.8 Å². The summed E-state index contributed by atoms with van der Waals surface area (Å²) in [6.45, 7) is 11.2. The van der Waals surface area contributed by atoms with Crippen LogP contribution in [-0.2, 0) is 26.2 Å². The van der Waals surface area contributed by atoms with E-state index in [0.29, 0.717) is 35.2 Å². The molecule has 0 radical (unpaired) electrons. The van der Waals surface area contributed by atoms with Crippen LogP contribution in [0.25, 0.3) is 10.9 Å². The highest BCUT2D eigenvalue weighted by Gasteiger charge is 2.46. The number of thioether (sulfide) groups is 1. The molecule has 1 aromatic heterocycles. The van der Waals surface area contributed by atoms with E-state index in [1.54, 1.807) is 24.3 Å². The summed E-state index contributed by atoms with van der Waals surface area (Å²) in [7, 11) is 0. The molecule has 3 fully saturated rings. The van der Waals surface area contributed by atoms with Crippen molar-refractivity contribution in [3.8, 4) is 6.07 Å². The van der Waals surface area contributed by atoms with Crippen LogP contribution in [0.5, 0.6) is 0 Å². The minimum absolute atomic E-state index is 0.0216. The van der Waals surface area contributed by atoms with Gasteiger partial charge in [-0.05, 0) is 73.2 Å². The van der Waals surface area contributed by atoms with Crippen molar-refractivity contribution < 1.29 is 28.8 Å². The number of H-pyrrole nitrogens is 1. The Morgan fingerprint density at radius 2 is 1.66 bits per heavy atom. The van der Waals surface area contributed by atoms with Crippen LogP contribution < -0.4 is 10.2 Å². The Morgan fingerprint density at radius 3 is 2.37 bits per heavy atom. The summed E-state index contributed by atoms with van der Waals surface area (Å²) in [5.74, 6) is -2.11. The quantitative estimate of drug-likeness (QED) is 0.196. The summed E-state index contributed by atoms with van der Waals surface area (Å²) >= 11 is 1.23. The number of aromatic nitrogens is 1. The zero-order valence-electron chi connectivity index (χ0n) is 33.4. The Kier molecular flexibility index (Phi) is 9.71. The number of amides is 5. The predicted octanol–water partition coefficient (Wildman–Crippen LogP) is 4.78. The third-order valence-corrected chi connectivity index (χ3v) is 14.1. The molecule has 5 aliphatic rings. The fraction of sp³-hybridized carbons (Fsp3) is 0.400. The van der Waals surface area contributed by atoms with Gasteiger partial charge in [-0.15, -0.1) is 11.8 Å². The summed E-state index contributed by atoms with van der Waals surface area (Å²) in [6, 6.07) is 16.3. The highest BCUT2D eigenvalue weighted by Crippen LogP contribution is 2.46. The van der Waals surface area contributed by atoms with Gasteiger partial charge in [0.05, 0.1) is 34.1 Å². The van der Waals surface area contributed by atoms with E-state index < -0.39 is 35.1 Å². The van der Waals surface area contributed by atoms with Gasteiger partial charge >= 0.3 is 0 Å². The first-order valence-electron chi connectivity index (χ1n) is 20.4. The number of piperidine rings is 2. The fourth-order valence-corrected chi connectivity index (χ4v) is 10.8. The monoisotopic (exact) mass is 811 g/mol. The zero-order chi connectivity index (χ0) is 41.3. The first kappa shape index (κ1) is 38.7. The molecule has 4 aliphatic heterocycles. The number of nitrogens with zero attached hydrogens (tertiary/aromatic N) is 5. The first-order chi connectivity index (χ1) is 28.4. The summed E-state index contributed by atoms with van der Waals surface area (Å²) in [6.07, 6.45) is 2.66. The number of aryl methyl sites for hydroxylation is 1. The maximum Gasteiger partial charge on any atom is 0.263 e. The third-order valence-electron chi connectivity index (χ3n) is 13.1. The molecule has 302 valence electrons. The van der Waals surface area contributed by atoms with E-state index in [-0.39, 0.29) is 41.4 Å². The lowest BCUT2D eigenvalue weighted by molar-refractivity contribution is -0.136. The predicted molar refractivity (Wildman–Crippen MR) is 222 cm³/mol. The summed E-state index contributed by atoms with van der Waals surface area (Å²) in [4.78, 5) is 90.4. The van der Waals surface area contributed by atoms with Gasteiger partial charge in [-0.1, -0.05) is 32.9 Å². The molecule has 1 atom stereocenters. The molecule has 0 bridgehead atoms. The number of benzene rings is 3. The second-order valence-electron chi connectivity index (χ2n) is 16.6.